The minimum atomic E-state index is -0.385. The largest absolute Gasteiger partial charge is 0.494 e. The van der Waals surface area contributed by atoms with Gasteiger partial charge in [0.1, 0.15) is 0 Å². The molecule has 2 aliphatic carbocycles. The van der Waals surface area contributed by atoms with Crippen LogP contribution in [0.2, 0.25) is 0 Å². The quantitative estimate of drug-likeness (QED) is 0.389. The van der Waals surface area contributed by atoms with Gasteiger partial charge in [-0.3, -0.25) is 14.7 Å². The van der Waals surface area contributed by atoms with E-state index in [4.69, 9.17) is 9.31 Å². The summed E-state index contributed by atoms with van der Waals surface area (Å²) in [6.07, 6.45) is 6.51. The van der Waals surface area contributed by atoms with Crippen molar-refractivity contribution in [3.8, 4) is 11.1 Å². The summed E-state index contributed by atoms with van der Waals surface area (Å²) in [5, 5.41) is 7.86. The topological polar surface area (TPSA) is 94.2 Å². The van der Waals surface area contributed by atoms with Crippen molar-refractivity contribution in [2.75, 3.05) is 0 Å². The van der Waals surface area contributed by atoms with Gasteiger partial charge < -0.3 is 9.31 Å². The Hall–Kier alpha value is -3.62. The molecule has 2 aromatic carbocycles. The molecule has 8 heteroatoms. The molecule has 7 rings (SSSR count). The zero-order chi connectivity index (χ0) is 26.7. The molecule has 4 aromatic rings. The van der Waals surface area contributed by atoms with E-state index in [0.717, 1.165) is 62.7 Å². The number of carbonyl (C=O) groups is 2. The van der Waals surface area contributed by atoms with Gasteiger partial charge >= 0.3 is 7.12 Å². The molecule has 38 heavy (non-hydrogen) atoms. The van der Waals surface area contributed by atoms with Crippen LogP contribution in [0.1, 0.15) is 72.4 Å². The third-order valence-electron chi connectivity index (χ3n) is 8.28. The summed E-state index contributed by atoms with van der Waals surface area (Å²) in [6, 6.07) is 14.1. The van der Waals surface area contributed by atoms with Crippen LogP contribution in [-0.4, -0.2) is 45.1 Å². The highest BCUT2D eigenvalue weighted by molar-refractivity contribution is 6.62. The predicted octanol–water partition coefficient (Wildman–Crippen LogP) is 4.87. The average Bonchev–Trinajstić information content (AvgIpc) is 3.65. The van der Waals surface area contributed by atoms with Crippen molar-refractivity contribution in [1.29, 1.82) is 0 Å². The number of benzene rings is 2. The van der Waals surface area contributed by atoms with E-state index in [9.17, 15) is 9.59 Å². The number of aromatic amines is 1. The standard InChI is InChI=1S/C15H19BO3.C15H11N3O/c1-14(2)15(3,4)19-16(18-14)11-7-5-10-6-8-13(17)12(10)9-11;19-14-4-3-9-1-2-10(7-12(9)14)11-5-6-16-15-13(11)8-17-18-15/h5,7,9H,6,8H2,1-4H3;1-2,5-8H,3-4H2,(H,16,17,18). The van der Waals surface area contributed by atoms with Gasteiger partial charge in [0, 0.05) is 35.6 Å². The van der Waals surface area contributed by atoms with Crippen LogP contribution >= 0.6 is 0 Å². The van der Waals surface area contributed by atoms with E-state index in [2.05, 4.69) is 27.3 Å². The number of Topliss-reactive ketones (excluding diaryl/α,β-unsaturated/α-hetero) is 2. The van der Waals surface area contributed by atoms with E-state index >= 15 is 0 Å². The maximum absolute atomic E-state index is 11.8. The minimum Gasteiger partial charge on any atom is -0.399 e. The minimum absolute atomic E-state index is 0.230. The van der Waals surface area contributed by atoms with E-state index in [1.54, 1.807) is 12.4 Å². The first kappa shape index (κ1) is 24.7. The lowest BCUT2D eigenvalue weighted by atomic mass is 9.78. The van der Waals surface area contributed by atoms with Crippen LogP contribution in [0.4, 0.5) is 0 Å². The fourth-order valence-corrected chi connectivity index (χ4v) is 5.29. The van der Waals surface area contributed by atoms with Crippen LogP contribution in [0.3, 0.4) is 0 Å². The molecule has 0 bridgehead atoms. The van der Waals surface area contributed by atoms with Gasteiger partial charge in [0.05, 0.1) is 17.4 Å². The molecule has 0 amide bonds. The van der Waals surface area contributed by atoms with Gasteiger partial charge in [-0.15, -0.1) is 0 Å². The summed E-state index contributed by atoms with van der Waals surface area (Å²) in [7, 11) is -0.385. The number of aromatic nitrogens is 3. The molecule has 7 nitrogen and oxygen atoms in total. The molecular weight excluding hydrogens is 477 g/mol. The van der Waals surface area contributed by atoms with Gasteiger partial charge in [0.25, 0.3) is 0 Å². The Labute approximate surface area is 222 Å². The monoisotopic (exact) mass is 507 g/mol. The molecule has 0 radical (unpaired) electrons. The van der Waals surface area contributed by atoms with E-state index < -0.39 is 0 Å². The second-order valence-electron chi connectivity index (χ2n) is 11.2. The zero-order valence-corrected chi connectivity index (χ0v) is 22.1. The molecule has 0 spiro atoms. The van der Waals surface area contributed by atoms with Crippen molar-refractivity contribution in [1.82, 2.24) is 15.2 Å². The lowest BCUT2D eigenvalue weighted by Gasteiger charge is -2.32. The number of hydrogen-bond acceptors (Lipinski definition) is 6. The van der Waals surface area contributed by atoms with Gasteiger partial charge in [-0.2, -0.15) is 5.10 Å². The molecule has 192 valence electrons. The average molecular weight is 507 g/mol. The maximum atomic E-state index is 11.8. The van der Waals surface area contributed by atoms with Crippen molar-refractivity contribution < 1.29 is 18.9 Å². The second-order valence-corrected chi connectivity index (χ2v) is 11.2. The van der Waals surface area contributed by atoms with Crippen LogP contribution in [0.15, 0.2) is 54.9 Å². The normalized spacial score (nSPS) is 18.9. The lowest BCUT2D eigenvalue weighted by molar-refractivity contribution is 0.00578. The van der Waals surface area contributed by atoms with E-state index in [0.29, 0.717) is 12.8 Å². The Morgan fingerprint density at radius 2 is 1.42 bits per heavy atom. The zero-order valence-electron chi connectivity index (χ0n) is 22.1. The highest BCUT2D eigenvalue weighted by Gasteiger charge is 2.51. The van der Waals surface area contributed by atoms with Crippen molar-refractivity contribution in [2.45, 2.75) is 64.6 Å². The molecule has 0 atom stereocenters. The molecule has 1 saturated heterocycles. The molecule has 3 aliphatic rings. The summed E-state index contributed by atoms with van der Waals surface area (Å²) in [5.41, 5.74) is 7.12. The molecule has 0 unspecified atom stereocenters. The smallest absolute Gasteiger partial charge is 0.399 e. The van der Waals surface area contributed by atoms with Crippen molar-refractivity contribution >= 4 is 35.2 Å². The molecule has 0 saturated carbocycles. The summed E-state index contributed by atoms with van der Waals surface area (Å²) >= 11 is 0. The van der Waals surface area contributed by atoms with Crippen LogP contribution in [0.25, 0.3) is 22.2 Å². The number of hydrogen-bond donors (Lipinski definition) is 1. The maximum Gasteiger partial charge on any atom is 0.494 e. The molecule has 1 fully saturated rings. The number of pyridine rings is 1. The van der Waals surface area contributed by atoms with Crippen LogP contribution < -0.4 is 5.46 Å². The van der Waals surface area contributed by atoms with Gasteiger partial charge in [0.15, 0.2) is 17.2 Å². The Morgan fingerprint density at radius 1 is 0.789 bits per heavy atom. The Balaban J connectivity index is 0.000000139. The first-order valence-corrected chi connectivity index (χ1v) is 13.1. The number of rotatable bonds is 2. The second kappa shape index (κ2) is 9.00. The van der Waals surface area contributed by atoms with Crippen molar-refractivity contribution in [3.63, 3.8) is 0 Å². The van der Waals surface area contributed by atoms with Gasteiger partial charge in [0.2, 0.25) is 0 Å². The molecule has 1 N–H and O–H groups in total. The molecular formula is C30H30BN3O4. The summed E-state index contributed by atoms with van der Waals surface area (Å²) in [6.45, 7) is 8.13. The van der Waals surface area contributed by atoms with E-state index in [-0.39, 0.29) is 29.9 Å². The van der Waals surface area contributed by atoms with Crippen molar-refractivity contribution in [3.05, 3.63) is 77.1 Å². The first-order valence-electron chi connectivity index (χ1n) is 13.1. The summed E-state index contributed by atoms with van der Waals surface area (Å²) in [5.74, 6) is 0.475. The predicted molar refractivity (Wildman–Crippen MR) is 147 cm³/mol. The Kier molecular flexibility index (Phi) is 5.85. The number of carbonyl (C=O) groups excluding carboxylic acids is 2. The summed E-state index contributed by atoms with van der Waals surface area (Å²) in [4.78, 5) is 27.9. The Bertz CT molecular complexity index is 1570. The van der Waals surface area contributed by atoms with Crippen LogP contribution in [0.5, 0.6) is 0 Å². The third-order valence-corrected chi connectivity index (χ3v) is 8.28. The first-order chi connectivity index (χ1) is 18.1. The van der Waals surface area contributed by atoms with E-state index in [1.807, 2.05) is 58.0 Å². The molecule has 1 aliphatic heterocycles. The highest BCUT2D eigenvalue weighted by atomic mass is 16.7. The van der Waals surface area contributed by atoms with Gasteiger partial charge in [-0.1, -0.05) is 30.3 Å². The fraction of sp³-hybridized carbons (Fsp3) is 0.333. The Morgan fingerprint density at radius 3 is 2.11 bits per heavy atom. The van der Waals surface area contributed by atoms with Gasteiger partial charge in [-0.25, -0.2) is 4.98 Å². The highest BCUT2D eigenvalue weighted by Crippen LogP contribution is 2.37. The van der Waals surface area contributed by atoms with Crippen LogP contribution in [-0.2, 0) is 22.2 Å². The molecule has 3 heterocycles. The third kappa shape index (κ3) is 4.18. The SMILES string of the molecule is CC1(C)OB(c2ccc3c(c2)C(=O)CC3)OC1(C)C.O=C1CCc2ccc(-c3ccnc4[nH]ncc34)cc21. The number of nitrogens with zero attached hydrogens (tertiary/aromatic N) is 2. The number of nitrogens with one attached hydrogen (secondary N) is 1. The number of ketones is 2. The number of fused-ring (bicyclic) bond motifs is 3. The van der Waals surface area contributed by atoms with Crippen LogP contribution in [0, 0.1) is 0 Å². The number of aryl methyl sites for hydroxylation is 2. The molecule has 2 aromatic heterocycles. The number of H-pyrrole nitrogens is 1. The fourth-order valence-electron chi connectivity index (χ4n) is 5.29. The summed E-state index contributed by atoms with van der Waals surface area (Å²) < 4.78 is 12.0. The van der Waals surface area contributed by atoms with Crippen molar-refractivity contribution in [2.24, 2.45) is 0 Å². The van der Waals surface area contributed by atoms with Gasteiger partial charge in [-0.05, 0) is 80.4 Å². The van der Waals surface area contributed by atoms with E-state index in [1.165, 1.54) is 0 Å². The lowest BCUT2D eigenvalue weighted by Crippen LogP contribution is -2.41.